The van der Waals surface area contributed by atoms with Crippen molar-refractivity contribution in [2.75, 3.05) is 13.1 Å². The van der Waals surface area contributed by atoms with Gasteiger partial charge < -0.3 is 0 Å². The number of nitrogens with one attached hydrogen (secondary N) is 1. The Morgan fingerprint density at radius 2 is 1.64 bits per heavy atom. The molecule has 0 aliphatic rings. The summed E-state index contributed by atoms with van der Waals surface area (Å²) < 4.78 is 42.3. The van der Waals surface area contributed by atoms with Crippen LogP contribution in [-0.4, -0.2) is 24.2 Å². The first-order valence-corrected chi connectivity index (χ1v) is 8.27. The van der Waals surface area contributed by atoms with Crippen molar-refractivity contribution in [1.82, 2.24) is 5.32 Å². The third-order valence-corrected chi connectivity index (χ3v) is 4.40. The van der Waals surface area contributed by atoms with E-state index in [1.54, 1.807) is 30.3 Å². The summed E-state index contributed by atoms with van der Waals surface area (Å²) in [6.07, 6.45) is -4.50. The van der Waals surface area contributed by atoms with Crippen molar-refractivity contribution in [3.05, 3.63) is 80.3 Å². The van der Waals surface area contributed by atoms with Crippen molar-refractivity contribution >= 4 is 15.9 Å². The second-order valence-corrected chi connectivity index (χ2v) is 6.48. The molecule has 0 unspecified atom stereocenters. The van der Waals surface area contributed by atoms with Gasteiger partial charge in [-0.1, -0.05) is 58.4 Å². The van der Waals surface area contributed by atoms with Crippen molar-refractivity contribution in [1.29, 1.82) is 0 Å². The van der Waals surface area contributed by atoms with Crippen LogP contribution in [-0.2, 0) is 12.0 Å². The van der Waals surface area contributed by atoms with E-state index in [9.17, 15) is 23.3 Å². The predicted molar refractivity (Wildman–Crippen MR) is 91.9 cm³/mol. The lowest BCUT2D eigenvalue weighted by Gasteiger charge is -2.33. The normalized spacial score (nSPS) is 14.1. The van der Waals surface area contributed by atoms with Gasteiger partial charge in [0.15, 0.2) is 0 Å². The van der Waals surface area contributed by atoms with E-state index in [1.807, 2.05) is 0 Å². The summed E-state index contributed by atoms with van der Waals surface area (Å²) in [6, 6.07) is 14.1. The molecular formula is C17H16BrF3N2O2. The highest BCUT2D eigenvalue weighted by Gasteiger charge is 2.59. The van der Waals surface area contributed by atoms with Gasteiger partial charge in [0.25, 0.3) is 0 Å². The molecule has 0 spiro atoms. The van der Waals surface area contributed by atoms with E-state index in [0.717, 1.165) is 10.0 Å². The molecule has 0 amide bonds. The van der Waals surface area contributed by atoms with E-state index in [4.69, 9.17) is 0 Å². The lowest BCUT2D eigenvalue weighted by molar-refractivity contribution is -0.504. The second kappa shape index (κ2) is 7.97. The molecule has 0 aliphatic heterocycles. The number of hydrogen-bond donors (Lipinski definition) is 1. The lowest BCUT2D eigenvalue weighted by Crippen LogP contribution is -2.58. The van der Waals surface area contributed by atoms with Crippen LogP contribution in [0.1, 0.15) is 11.1 Å². The maximum Gasteiger partial charge on any atom is 0.417 e. The maximum absolute atomic E-state index is 13.8. The predicted octanol–water partition coefficient (Wildman–Crippen LogP) is 4.32. The molecule has 0 bridgehead atoms. The molecule has 2 aromatic carbocycles. The van der Waals surface area contributed by atoms with Crippen LogP contribution in [0.25, 0.3) is 0 Å². The van der Waals surface area contributed by atoms with Gasteiger partial charge in [-0.15, -0.1) is 0 Å². The van der Waals surface area contributed by atoms with Gasteiger partial charge in [-0.05, 0) is 29.7 Å². The van der Waals surface area contributed by atoms with Crippen molar-refractivity contribution in [2.24, 2.45) is 0 Å². The standard InChI is InChI=1S/C17H16BrF3N2O2/c18-15-8-6-13(7-9-15)10-11-22-16(12-23(24)25,17(19,20)21)14-4-2-1-3-5-14/h1-9,22H,10-12H2/t16-/m0/s1. The van der Waals surface area contributed by atoms with Crippen LogP contribution in [0, 0.1) is 10.1 Å². The molecule has 8 heteroatoms. The van der Waals surface area contributed by atoms with E-state index in [-0.39, 0.29) is 12.1 Å². The fraction of sp³-hybridized carbons (Fsp3) is 0.294. The zero-order chi connectivity index (χ0) is 18.5. The number of alkyl halides is 3. The van der Waals surface area contributed by atoms with Crippen LogP contribution in [0.5, 0.6) is 0 Å². The summed E-state index contributed by atoms with van der Waals surface area (Å²) in [6.45, 7) is -1.33. The molecule has 1 atom stereocenters. The second-order valence-electron chi connectivity index (χ2n) is 5.56. The van der Waals surface area contributed by atoms with E-state index in [0.29, 0.717) is 6.42 Å². The summed E-state index contributed by atoms with van der Waals surface area (Å²) in [5.41, 5.74) is -2.07. The number of rotatable bonds is 7. The molecule has 2 aromatic rings. The number of halogens is 4. The molecule has 0 saturated carbocycles. The Bertz CT molecular complexity index is 708. The van der Waals surface area contributed by atoms with Gasteiger partial charge in [0.2, 0.25) is 12.1 Å². The zero-order valence-corrected chi connectivity index (χ0v) is 14.7. The number of nitrogens with zero attached hydrogens (tertiary/aromatic N) is 1. The Balaban J connectivity index is 2.27. The highest BCUT2D eigenvalue weighted by Crippen LogP contribution is 2.39. The molecule has 1 N–H and O–H groups in total. The van der Waals surface area contributed by atoms with Gasteiger partial charge in [-0.3, -0.25) is 15.4 Å². The van der Waals surface area contributed by atoms with Crippen molar-refractivity contribution in [2.45, 2.75) is 18.1 Å². The quantitative estimate of drug-likeness (QED) is 0.540. The van der Waals surface area contributed by atoms with Gasteiger partial charge in [0, 0.05) is 15.9 Å². The van der Waals surface area contributed by atoms with Crippen LogP contribution in [0.3, 0.4) is 0 Å². The summed E-state index contributed by atoms with van der Waals surface area (Å²) in [5, 5.41) is 13.4. The SMILES string of the molecule is O=[N+]([O-])C[C@](NCCc1ccc(Br)cc1)(c1ccccc1)C(F)(F)F. The zero-order valence-electron chi connectivity index (χ0n) is 13.1. The minimum Gasteiger partial charge on any atom is -0.294 e. The molecule has 0 aromatic heterocycles. The van der Waals surface area contributed by atoms with Crippen LogP contribution in [0.15, 0.2) is 59.1 Å². The summed E-state index contributed by atoms with van der Waals surface area (Å²) in [4.78, 5) is 10.0. The average Bonchev–Trinajstić information content (AvgIpc) is 2.55. The fourth-order valence-corrected chi connectivity index (χ4v) is 2.85. The highest BCUT2D eigenvalue weighted by molar-refractivity contribution is 9.10. The molecule has 2 rings (SSSR count). The Labute approximate surface area is 151 Å². The summed E-state index contributed by atoms with van der Waals surface area (Å²) >= 11 is 3.29. The number of nitro groups is 1. The Morgan fingerprint density at radius 3 is 2.16 bits per heavy atom. The first kappa shape index (κ1) is 19.4. The molecular weight excluding hydrogens is 401 g/mol. The van der Waals surface area contributed by atoms with Crippen molar-refractivity contribution in [3.8, 4) is 0 Å². The Kier molecular flexibility index (Phi) is 6.18. The molecule has 0 fully saturated rings. The number of benzene rings is 2. The van der Waals surface area contributed by atoms with Crippen molar-refractivity contribution < 1.29 is 18.1 Å². The Hall–Kier alpha value is -1.93. The first-order chi connectivity index (χ1) is 11.7. The van der Waals surface area contributed by atoms with E-state index >= 15 is 0 Å². The van der Waals surface area contributed by atoms with Crippen LogP contribution in [0.2, 0.25) is 0 Å². The lowest BCUT2D eigenvalue weighted by atomic mass is 9.88. The monoisotopic (exact) mass is 416 g/mol. The average molecular weight is 417 g/mol. The minimum absolute atomic E-state index is 0.0517. The van der Waals surface area contributed by atoms with Gasteiger partial charge in [-0.25, -0.2) is 0 Å². The Morgan fingerprint density at radius 1 is 1.04 bits per heavy atom. The van der Waals surface area contributed by atoms with E-state index < -0.39 is 23.2 Å². The molecule has 25 heavy (non-hydrogen) atoms. The molecule has 0 saturated heterocycles. The van der Waals surface area contributed by atoms with Gasteiger partial charge in [-0.2, -0.15) is 13.2 Å². The van der Waals surface area contributed by atoms with Gasteiger partial charge in [0.1, 0.15) is 0 Å². The third-order valence-electron chi connectivity index (χ3n) is 3.87. The molecule has 0 aliphatic carbocycles. The third kappa shape index (κ3) is 4.79. The van der Waals surface area contributed by atoms with Gasteiger partial charge in [0.05, 0.1) is 0 Å². The highest BCUT2D eigenvalue weighted by atomic mass is 79.9. The van der Waals surface area contributed by atoms with Crippen molar-refractivity contribution in [3.63, 3.8) is 0 Å². The summed E-state index contributed by atoms with van der Waals surface area (Å²) in [5.74, 6) is 0. The smallest absolute Gasteiger partial charge is 0.294 e. The molecule has 4 nitrogen and oxygen atoms in total. The van der Waals surface area contributed by atoms with E-state index in [1.165, 1.54) is 24.3 Å². The molecule has 0 radical (unpaired) electrons. The first-order valence-electron chi connectivity index (χ1n) is 7.48. The van der Waals surface area contributed by atoms with Crippen LogP contribution in [0.4, 0.5) is 13.2 Å². The molecule has 0 heterocycles. The minimum atomic E-state index is -4.82. The number of hydrogen-bond acceptors (Lipinski definition) is 3. The molecule has 134 valence electrons. The van der Waals surface area contributed by atoms with Crippen LogP contribution >= 0.6 is 15.9 Å². The van der Waals surface area contributed by atoms with Gasteiger partial charge >= 0.3 is 6.18 Å². The fourth-order valence-electron chi connectivity index (χ4n) is 2.59. The maximum atomic E-state index is 13.8. The largest absolute Gasteiger partial charge is 0.417 e. The topological polar surface area (TPSA) is 55.2 Å². The van der Waals surface area contributed by atoms with E-state index in [2.05, 4.69) is 21.2 Å². The van der Waals surface area contributed by atoms with Crippen LogP contribution < -0.4 is 5.32 Å². The summed E-state index contributed by atoms with van der Waals surface area (Å²) in [7, 11) is 0.